The molecule has 38 heavy (non-hydrogen) atoms. The summed E-state index contributed by atoms with van der Waals surface area (Å²) in [5.74, 6) is 1.84. The SMILES string of the molecule is COc1ncnc(C2CC2)c1-c1nn(C)c2c1CN(c1ccc(-c3nc(C(F)(F)F)cn3C)cn1)C(C)C2. The smallest absolute Gasteiger partial charge is 0.434 e. The highest BCUT2D eigenvalue weighted by molar-refractivity contribution is 5.73. The number of aromatic nitrogens is 7. The van der Waals surface area contributed by atoms with Crippen molar-refractivity contribution in [1.82, 2.24) is 34.3 Å². The van der Waals surface area contributed by atoms with Crippen LogP contribution in [0.1, 0.15) is 48.3 Å². The number of hydrogen-bond acceptors (Lipinski definition) is 7. The van der Waals surface area contributed by atoms with Crippen molar-refractivity contribution in [3.63, 3.8) is 0 Å². The largest absolute Gasteiger partial charge is 0.480 e. The van der Waals surface area contributed by atoms with E-state index in [0.717, 1.165) is 59.5 Å². The zero-order valence-corrected chi connectivity index (χ0v) is 21.5. The number of alkyl halides is 3. The van der Waals surface area contributed by atoms with Crippen LogP contribution in [-0.2, 0) is 33.2 Å². The minimum Gasteiger partial charge on any atom is -0.480 e. The summed E-state index contributed by atoms with van der Waals surface area (Å²) in [6, 6.07) is 3.72. The molecule has 1 atom stereocenters. The lowest BCUT2D eigenvalue weighted by Crippen LogP contribution is -2.39. The van der Waals surface area contributed by atoms with Gasteiger partial charge in [-0.15, -0.1) is 0 Å². The Bertz CT molecular complexity index is 1500. The van der Waals surface area contributed by atoms with Crippen LogP contribution in [0.25, 0.3) is 22.6 Å². The summed E-state index contributed by atoms with van der Waals surface area (Å²) in [6.45, 7) is 2.69. The van der Waals surface area contributed by atoms with E-state index in [9.17, 15) is 13.2 Å². The van der Waals surface area contributed by atoms with Crippen LogP contribution in [0.3, 0.4) is 0 Å². The molecule has 1 fully saturated rings. The number of methoxy groups -OCH3 is 1. The van der Waals surface area contributed by atoms with Gasteiger partial charge in [0.25, 0.3) is 0 Å². The Labute approximate surface area is 217 Å². The molecule has 6 rings (SSSR count). The van der Waals surface area contributed by atoms with Crippen LogP contribution >= 0.6 is 0 Å². The van der Waals surface area contributed by atoms with Crippen molar-refractivity contribution in [3.05, 3.63) is 53.5 Å². The molecule has 4 aromatic rings. The molecule has 1 saturated carbocycles. The fraction of sp³-hybridized carbons (Fsp3) is 0.423. The number of pyridine rings is 1. The van der Waals surface area contributed by atoms with Crippen LogP contribution in [0.5, 0.6) is 5.88 Å². The molecule has 0 radical (unpaired) electrons. The van der Waals surface area contributed by atoms with Crippen molar-refractivity contribution in [2.45, 2.75) is 50.9 Å². The molecule has 0 saturated heterocycles. The first-order valence-electron chi connectivity index (χ1n) is 12.4. The second-order valence-electron chi connectivity index (χ2n) is 9.96. The van der Waals surface area contributed by atoms with E-state index in [-0.39, 0.29) is 11.9 Å². The molecule has 0 N–H and O–H groups in total. The molecular formula is C26H27F3N8O. The average molecular weight is 525 g/mol. The van der Waals surface area contributed by atoms with Crippen molar-refractivity contribution < 1.29 is 17.9 Å². The van der Waals surface area contributed by atoms with Gasteiger partial charge in [-0.3, -0.25) is 4.68 Å². The minimum atomic E-state index is -4.50. The van der Waals surface area contributed by atoms with Crippen LogP contribution in [0.4, 0.5) is 19.0 Å². The van der Waals surface area contributed by atoms with Gasteiger partial charge in [0, 0.05) is 68.2 Å². The minimum absolute atomic E-state index is 0.130. The van der Waals surface area contributed by atoms with Crippen LogP contribution < -0.4 is 9.64 Å². The van der Waals surface area contributed by atoms with Gasteiger partial charge >= 0.3 is 6.18 Å². The van der Waals surface area contributed by atoms with Crippen LogP contribution in [0.2, 0.25) is 0 Å². The maximum atomic E-state index is 13.1. The van der Waals surface area contributed by atoms with Crippen LogP contribution in [0.15, 0.2) is 30.9 Å². The Kier molecular flexibility index (Phi) is 5.65. The third kappa shape index (κ3) is 4.07. The molecule has 2 aliphatic rings. The topological polar surface area (TPSA) is 86.8 Å². The highest BCUT2D eigenvalue weighted by Crippen LogP contribution is 2.47. The van der Waals surface area contributed by atoms with E-state index in [1.165, 1.54) is 4.57 Å². The van der Waals surface area contributed by atoms with E-state index in [2.05, 4.69) is 31.8 Å². The summed E-state index contributed by atoms with van der Waals surface area (Å²) >= 11 is 0. The predicted molar refractivity (Wildman–Crippen MR) is 134 cm³/mol. The molecule has 1 unspecified atom stereocenters. The molecule has 0 aromatic carbocycles. The van der Waals surface area contributed by atoms with E-state index >= 15 is 0 Å². The number of aryl methyl sites for hydroxylation is 2. The van der Waals surface area contributed by atoms with Crippen molar-refractivity contribution in [2.24, 2.45) is 14.1 Å². The maximum absolute atomic E-state index is 13.1. The van der Waals surface area contributed by atoms with Gasteiger partial charge in [0.2, 0.25) is 5.88 Å². The molecule has 0 bridgehead atoms. The summed E-state index contributed by atoms with van der Waals surface area (Å²) in [4.78, 5) is 19.6. The standard InChI is InChI=1S/C26H27F3N8O/c1-14-9-18-17(23(34-36(18)3)21-22(15-5-6-15)31-13-32-25(21)38-4)11-37(14)20-8-7-16(10-30-20)24-33-19(12-35(24)2)26(27,28)29/h7-8,10,12-15H,5-6,9,11H2,1-4H3. The summed E-state index contributed by atoms with van der Waals surface area (Å²) < 4.78 is 48.3. The lowest BCUT2D eigenvalue weighted by molar-refractivity contribution is -0.140. The lowest BCUT2D eigenvalue weighted by atomic mass is 9.95. The Morgan fingerprint density at radius 3 is 2.50 bits per heavy atom. The fourth-order valence-electron chi connectivity index (χ4n) is 5.23. The first kappa shape index (κ1) is 24.4. The van der Waals surface area contributed by atoms with Gasteiger partial charge in [0.15, 0.2) is 5.69 Å². The first-order chi connectivity index (χ1) is 18.2. The number of imidazole rings is 1. The van der Waals surface area contributed by atoms with E-state index in [1.54, 1.807) is 32.7 Å². The van der Waals surface area contributed by atoms with Gasteiger partial charge < -0.3 is 14.2 Å². The van der Waals surface area contributed by atoms with E-state index in [0.29, 0.717) is 23.9 Å². The fourth-order valence-corrected chi connectivity index (χ4v) is 5.23. The number of nitrogens with zero attached hydrogens (tertiary/aromatic N) is 8. The van der Waals surface area contributed by atoms with Crippen molar-refractivity contribution in [2.75, 3.05) is 12.0 Å². The molecule has 9 nitrogen and oxygen atoms in total. The second-order valence-corrected chi connectivity index (χ2v) is 9.96. The zero-order chi connectivity index (χ0) is 26.8. The van der Waals surface area contributed by atoms with Gasteiger partial charge in [-0.05, 0) is 31.9 Å². The van der Waals surface area contributed by atoms with Crippen molar-refractivity contribution >= 4 is 5.82 Å². The normalized spacial score (nSPS) is 17.6. The monoisotopic (exact) mass is 524 g/mol. The zero-order valence-electron chi connectivity index (χ0n) is 21.5. The molecular weight excluding hydrogens is 497 g/mol. The number of hydrogen-bond donors (Lipinski definition) is 0. The molecule has 1 aliphatic carbocycles. The lowest BCUT2D eigenvalue weighted by Gasteiger charge is -2.35. The Balaban J connectivity index is 1.35. The highest BCUT2D eigenvalue weighted by Gasteiger charge is 2.36. The van der Waals surface area contributed by atoms with Crippen molar-refractivity contribution in [3.8, 4) is 28.5 Å². The molecule has 0 spiro atoms. The molecule has 0 amide bonds. The highest BCUT2D eigenvalue weighted by atomic mass is 19.4. The number of rotatable bonds is 5. The van der Waals surface area contributed by atoms with Gasteiger partial charge in [-0.25, -0.2) is 19.9 Å². The predicted octanol–water partition coefficient (Wildman–Crippen LogP) is 4.53. The van der Waals surface area contributed by atoms with Gasteiger partial charge in [-0.1, -0.05) is 0 Å². The Morgan fingerprint density at radius 2 is 1.87 bits per heavy atom. The summed E-state index contributed by atoms with van der Waals surface area (Å²) in [5.41, 5.74) is 4.45. The van der Waals surface area contributed by atoms with Crippen LogP contribution in [-0.4, -0.2) is 47.4 Å². The Hall–Kier alpha value is -3.96. The van der Waals surface area contributed by atoms with E-state index < -0.39 is 11.9 Å². The third-order valence-corrected chi connectivity index (χ3v) is 7.33. The quantitative estimate of drug-likeness (QED) is 0.379. The second kappa shape index (κ2) is 8.81. The summed E-state index contributed by atoms with van der Waals surface area (Å²) in [5, 5.41) is 4.90. The number of halogens is 3. The molecule has 5 heterocycles. The van der Waals surface area contributed by atoms with E-state index in [1.807, 2.05) is 17.8 Å². The number of anilines is 1. The average Bonchev–Trinajstić information content (AvgIpc) is 3.59. The first-order valence-corrected chi connectivity index (χ1v) is 12.4. The van der Waals surface area contributed by atoms with E-state index in [4.69, 9.17) is 9.84 Å². The maximum Gasteiger partial charge on any atom is 0.434 e. The molecule has 4 aromatic heterocycles. The van der Waals surface area contributed by atoms with Crippen molar-refractivity contribution in [1.29, 1.82) is 0 Å². The molecule has 12 heteroatoms. The third-order valence-electron chi connectivity index (χ3n) is 7.33. The van der Waals surface area contributed by atoms with Gasteiger partial charge in [0.1, 0.15) is 23.7 Å². The van der Waals surface area contributed by atoms with Gasteiger partial charge in [-0.2, -0.15) is 18.3 Å². The molecule has 198 valence electrons. The summed E-state index contributed by atoms with van der Waals surface area (Å²) in [7, 11) is 5.10. The van der Waals surface area contributed by atoms with Gasteiger partial charge in [0.05, 0.1) is 18.4 Å². The number of fused-ring (bicyclic) bond motifs is 1. The molecule has 1 aliphatic heterocycles. The summed E-state index contributed by atoms with van der Waals surface area (Å²) in [6.07, 6.45) is 2.53. The Morgan fingerprint density at radius 1 is 1.08 bits per heavy atom. The van der Waals surface area contributed by atoms with Crippen LogP contribution in [0, 0.1) is 0 Å². The number of ether oxygens (including phenoxy) is 1.